The van der Waals surface area contributed by atoms with Gasteiger partial charge in [-0.3, -0.25) is 4.98 Å². The van der Waals surface area contributed by atoms with Crippen LogP contribution in [0.1, 0.15) is 32.9 Å². The molecule has 2 N–H and O–H groups in total. The maximum atomic E-state index is 8.08. The predicted octanol–water partition coefficient (Wildman–Crippen LogP) is 5.08. The molecule has 0 saturated carbocycles. The molecular formula is C26H30BrClN6O4. The van der Waals surface area contributed by atoms with E-state index in [1.54, 1.807) is 12.5 Å². The highest BCUT2D eigenvalue weighted by atomic mass is 79.9. The Morgan fingerprint density at radius 3 is 2.74 bits per heavy atom. The summed E-state index contributed by atoms with van der Waals surface area (Å²) < 4.78 is 15.2. The van der Waals surface area contributed by atoms with Gasteiger partial charge in [0, 0.05) is 42.4 Å². The van der Waals surface area contributed by atoms with E-state index < -0.39 is 5.79 Å². The van der Waals surface area contributed by atoms with Crippen molar-refractivity contribution < 1.29 is 19.7 Å². The van der Waals surface area contributed by atoms with E-state index in [2.05, 4.69) is 35.9 Å². The van der Waals surface area contributed by atoms with Crippen molar-refractivity contribution in [3.63, 3.8) is 0 Å². The SMILES string of the molecule is CC(C)(O)O.CN(C)/C=N/c1nc(Cl)nc2c1ccn2[C@H]1CC[C@@H](COc2ccc3cc(Br)cnc3c2)O1. The van der Waals surface area contributed by atoms with Gasteiger partial charge >= 0.3 is 0 Å². The van der Waals surface area contributed by atoms with Gasteiger partial charge in [0.15, 0.2) is 11.6 Å². The topological polar surface area (TPSA) is 118 Å². The largest absolute Gasteiger partial charge is 0.491 e. The van der Waals surface area contributed by atoms with Crippen LogP contribution in [0.4, 0.5) is 5.82 Å². The minimum Gasteiger partial charge on any atom is -0.491 e. The lowest BCUT2D eigenvalue weighted by Crippen LogP contribution is -2.18. The van der Waals surface area contributed by atoms with Crippen LogP contribution < -0.4 is 4.74 Å². The van der Waals surface area contributed by atoms with E-state index in [4.69, 9.17) is 31.3 Å². The van der Waals surface area contributed by atoms with Gasteiger partial charge in [-0.25, -0.2) is 4.99 Å². The third-order valence-corrected chi connectivity index (χ3v) is 5.99. The Morgan fingerprint density at radius 1 is 1.24 bits per heavy atom. The molecule has 0 radical (unpaired) electrons. The molecule has 4 heterocycles. The summed E-state index contributed by atoms with van der Waals surface area (Å²) in [7, 11) is 3.80. The lowest BCUT2D eigenvalue weighted by Gasteiger charge is -2.16. The van der Waals surface area contributed by atoms with Gasteiger partial charge in [0.2, 0.25) is 5.28 Å². The van der Waals surface area contributed by atoms with Crippen LogP contribution in [0.25, 0.3) is 21.9 Å². The monoisotopic (exact) mass is 604 g/mol. The third-order valence-electron chi connectivity index (χ3n) is 5.39. The Kier molecular flexibility index (Phi) is 8.84. The molecule has 0 bridgehead atoms. The van der Waals surface area contributed by atoms with E-state index in [0.717, 1.165) is 39.4 Å². The molecule has 3 aromatic heterocycles. The summed E-state index contributed by atoms with van der Waals surface area (Å²) in [6, 6.07) is 9.89. The average molecular weight is 606 g/mol. The average Bonchev–Trinajstić information content (AvgIpc) is 3.47. The number of fused-ring (bicyclic) bond motifs is 2. The summed E-state index contributed by atoms with van der Waals surface area (Å²) in [6.45, 7) is 3.06. The van der Waals surface area contributed by atoms with Crippen molar-refractivity contribution in [2.45, 2.75) is 44.8 Å². The summed E-state index contributed by atoms with van der Waals surface area (Å²) in [6.07, 6.45) is 6.98. The molecule has 38 heavy (non-hydrogen) atoms. The molecule has 2 atom stereocenters. The highest BCUT2D eigenvalue weighted by molar-refractivity contribution is 9.10. The minimum atomic E-state index is -1.50. The molecular weight excluding hydrogens is 576 g/mol. The fourth-order valence-corrected chi connectivity index (χ4v) is 4.37. The molecule has 0 unspecified atom stereocenters. The second-order valence-electron chi connectivity index (χ2n) is 9.59. The van der Waals surface area contributed by atoms with Gasteiger partial charge in [-0.15, -0.1) is 0 Å². The van der Waals surface area contributed by atoms with E-state index in [9.17, 15) is 0 Å². The van der Waals surface area contributed by atoms with Gasteiger partial charge in [-0.1, -0.05) is 0 Å². The Balaban J connectivity index is 0.000000617. The summed E-state index contributed by atoms with van der Waals surface area (Å²) in [5.41, 5.74) is 1.60. The number of pyridine rings is 1. The zero-order valence-electron chi connectivity index (χ0n) is 21.5. The molecule has 202 valence electrons. The van der Waals surface area contributed by atoms with Gasteiger partial charge < -0.3 is 29.2 Å². The number of aliphatic imine (C=N–C) groups is 1. The van der Waals surface area contributed by atoms with Crippen LogP contribution in [0.2, 0.25) is 5.28 Å². The molecule has 1 fully saturated rings. The van der Waals surface area contributed by atoms with Crippen LogP contribution in [0.5, 0.6) is 5.75 Å². The molecule has 4 aromatic rings. The molecule has 0 spiro atoms. The van der Waals surface area contributed by atoms with Gasteiger partial charge in [-0.05, 0) is 78.5 Å². The van der Waals surface area contributed by atoms with Crippen molar-refractivity contribution in [2.75, 3.05) is 20.7 Å². The van der Waals surface area contributed by atoms with E-state index >= 15 is 0 Å². The number of halogens is 2. The normalized spacial score (nSPS) is 17.7. The zero-order chi connectivity index (χ0) is 27.4. The van der Waals surface area contributed by atoms with Crippen LogP contribution in [-0.2, 0) is 4.74 Å². The number of hydrogen-bond donors (Lipinski definition) is 2. The Morgan fingerprint density at radius 2 is 2.00 bits per heavy atom. The number of aromatic nitrogens is 4. The summed E-state index contributed by atoms with van der Waals surface area (Å²) in [5, 5.41) is 18.2. The quantitative estimate of drug-likeness (QED) is 0.135. The summed E-state index contributed by atoms with van der Waals surface area (Å²) in [4.78, 5) is 19.4. The van der Waals surface area contributed by atoms with Crippen LogP contribution in [0.15, 0.2) is 52.2 Å². The molecule has 1 aliphatic rings. The number of rotatable bonds is 6. The number of hydrogen-bond acceptors (Lipinski definition) is 8. The van der Waals surface area contributed by atoms with Gasteiger partial charge in [0.25, 0.3) is 0 Å². The number of nitrogens with zero attached hydrogens (tertiary/aromatic N) is 6. The maximum absolute atomic E-state index is 8.08. The standard InChI is InChI=1S/C23H22BrClN6O2.C3H8O2/c1-30(2)13-27-21-18-7-8-31(22(18)29-23(25)28-21)20-6-5-17(33-20)12-32-16-4-3-14-9-15(24)11-26-19(14)10-16;1-3(2,4)5/h3-4,7-11,13,17,20H,5-6,12H2,1-2H3;4-5H,1-2H3/b27-13+;/t17-,20+;/m0./s1. The minimum absolute atomic E-state index is 0.0236. The smallest absolute Gasteiger partial charge is 0.226 e. The lowest BCUT2D eigenvalue weighted by molar-refractivity contribution is -0.127. The van der Waals surface area contributed by atoms with Gasteiger partial charge in [0.05, 0.1) is 23.3 Å². The van der Waals surface area contributed by atoms with E-state index in [1.807, 2.05) is 60.1 Å². The number of aliphatic hydroxyl groups is 2. The third kappa shape index (κ3) is 7.61. The first-order chi connectivity index (χ1) is 18.0. The highest BCUT2D eigenvalue weighted by Gasteiger charge is 2.28. The molecule has 10 nitrogen and oxygen atoms in total. The predicted molar refractivity (Wildman–Crippen MR) is 151 cm³/mol. The van der Waals surface area contributed by atoms with Crippen molar-refractivity contribution in [1.29, 1.82) is 0 Å². The lowest BCUT2D eigenvalue weighted by atomic mass is 10.2. The fraction of sp³-hybridized carbons (Fsp3) is 0.385. The molecule has 1 saturated heterocycles. The van der Waals surface area contributed by atoms with Crippen molar-refractivity contribution in [1.82, 2.24) is 24.4 Å². The fourth-order valence-electron chi connectivity index (χ4n) is 3.86. The first kappa shape index (κ1) is 28.2. The zero-order valence-corrected chi connectivity index (χ0v) is 23.9. The highest BCUT2D eigenvalue weighted by Crippen LogP contribution is 2.34. The molecule has 0 amide bonds. The second kappa shape index (κ2) is 11.9. The number of ether oxygens (including phenoxy) is 2. The van der Waals surface area contributed by atoms with Gasteiger partial charge in [-0.2, -0.15) is 9.97 Å². The van der Waals surface area contributed by atoms with Crippen LogP contribution >= 0.6 is 27.5 Å². The van der Waals surface area contributed by atoms with E-state index in [-0.39, 0.29) is 17.6 Å². The summed E-state index contributed by atoms with van der Waals surface area (Å²) >= 11 is 9.63. The molecule has 1 aliphatic heterocycles. The number of benzene rings is 1. The van der Waals surface area contributed by atoms with Crippen LogP contribution in [0, 0.1) is 0 Å². The van der Waals surface area contributed by atoms with E-state index in [1.165, 1.54) is 13.8 Å². The maximum Gasteiger partial charge on any atom is 0.226 e. The Bertz CT molecular complexity index is 1430. The van der Waals surface area contributed by atoms with Crippen LogP contribution in [0.3, 0.4) is 0 Å². The molecule has 5 rings (SSSR count). The van der Waals surface area contributed by atoms with Crippen LogP contribution in [-0.4, -0.2) is 73.6 Å². The Hall–Kier alpha value is -2.83. The molecule has 0 aliphatic carbocycles. The summed E-state index contributed by atoms with van der Waals surface area (Å²) in [5.74, 6) is -0.189. The van der Waals surface area contributed by atoms with Crippen molar-refractivity contribution in [2.24, 2.45) is 4.99 Å². The molecule has 12 heteroatoms. The molecule has 1 aromatic carbocycles. The van der Waals surface area contributed by atoms with Crippen molar-refractivity contribution in [3.05, 3.63) is 52.5 Å². The van der Waals surface area contributed by atoms with Crippen molar-refractivity contribution >= 4 is 61.6 Å². The van der Waals surface area contributed by atoms with Crippen molar-refractivity contribution in [3.8, 4) is 5.75 Å². The first-order valence-corrected chi connectivity index (χ1v) is 13.2. The Labute approximate surface area is 234 Å². The van der Waals surface area contributed by atoms with E-state index in [0.29, 0.717) is 18.1 Å². The second-order valence-corrected chi connectivity index (χ2v) is 10.8. The van der Waals surface area contributed by atoms with Gasteiger partial charge in [0.1, 0.15) is 24.2 Å². The first-order valence-electron chi connectivity index (χ1n) is 12.0.